The highest BCUT2D eigenvalue weighted by Crippen LogP contribution is 2.07. The van der Waals surface area contributed by atoms with Crippen LogP contribution in [-0.4, -0.2) is 37.0 Å². The molecule has 1 aliphatic heterocycles. The van der Waals surface area contributed by atoms with E-state index in [1.165, 1.54) is 0 Å². The van der Waals surface area contributed by atoms with Crippen LogP contribution in [0.15, 0.2) is 12.7 Å². The summed E-state index contributed by atoms with van der Waals surface area (Å²) in [7, 11) is 1.81. The molecule has 1 fully saturated rings. The number of hydrogen-bond acceptors (Lipinski definition) is 2. The molecule has 12 heavy (non-hydrogen) atoms. The molecule has 3 heteroatoms. The summed E-state index contributed by atoms with van der Waals surface area (Å²) in [5.41, 5.74) is 0. The van der Waals surface area contributed by atoms with Gasteiger partial charge in [0.1, 0.15) is 0 Å². The van der Waals surface area contributed by atoms with Crippen molar-refractivity contribution in [3.8, 4) is 0 Å². The van der Waals surface area contributed by atoms with Crippen LogP contribution < -0.4 is 5.32 Å². The second kappa shape index (κ2) is 4.26. The summed E-state index contributed by atoms with van der Waals surface area (Å²) in [6.45, 7) is 5.20. The number of amides is 1. The molecule has 1 amide bonds. The van der Waals surface area contributed by atoms with E-state index < -0.39 is 0 Å². The fourth-order valence-electron chi connectivity index (χ4n) is 1.44. The Balaban J connectivity index is 2.39. The average Bonchev–Trinajstić information content (AvgIpc) is 2.55. The van der Waals surface area contributed by atoms with Crippen molar-refractivity contribution in [2.24, 2.45) is 0 Å². The Morgan fingerprint density at radius 1 is 1.83 bits per heavy atom. The lowest BCUT2D eigenvalue weighted by molar-refractivity contribution is -0.131. The number of nitrogens with one attached hydrogen (secondary N) is 1. The molecular formula is C9H16N2O. The zero-order chi connectivity index (χ0) is 8.97. The molecule has 0 aliphatic carbocycles. The van der Waals surface area contributed by atoms with Crippen molar-refractivity contribution in [1.29, 1.82) is 0 Å². The Hall–Kier alpha value is -0.830. The van der Waals surface area contributed by atoms with Crippen molar-refractivity contribution in [2.75, 3.05) is 20.1 Å². The molecule has 0 unspecified atom stereocenters. The van der Waals surface area contributed by atoms with Gasteiger partial charge in [0.2, 0.25) is 5.91 Å². The molecular weight excluding hydrogens is 152 g/mol. The molecule has 0 radical (unpaired) electrons. The van der Waals surface area contributed by atoms with Crippen LogP contribution in [-0.2, 0) is 4.79 Å². The van der Waals surface area contributed by atoms with Crippen LogP contribution in [0.3, 0.4) is 0 Å². The smallest absolute Gasteiger partial charge is 0.239 e. The molecule has 68 valence electrons. The van der Waals surface area contributed by atoms with Crippen LogP contribution in [0.1, 0.15) is 12.8 Å². The Kier molecular flexibility index (Phi) is 3.29. The largest absolute Gasteiger partial charge is 0.341 e. The monoisotopic (exact) mass is 168 g/mol. The standard InChI is InChI=1S/C9H16N2O/c1-3-7-11(2)9(12)8-5-4-6-10-8/h3,8,10H,1,4-7H2,2H3/t8-/m1/s1. The second-order valence-corrected chi connectivity index (χ2v) is 3.16. The van der Waals surface area contributed by atoms with Gasteiger partial charge in [-0.3, -0.25) is 4.79 Å². The maximum Gasteiger partial charge on any atom is 0.239 e. The van der Waals surface area contributed by atoms with E-state index in [0.717, 1.165) is 19.4 Å². The number of hydrogen-bond donors (Lipinski definition) is 1. The van der Waals surface area contributed by atoms with Gasteiger partial charge < -0.3 is 10.2 Å². The molecule has 0 aromatic rings. The Labute approximate surface area is 73.4 Å². The minimum Gasteiger partial charge on any atom is -0.341 e. The minimum absolute atomic E-state index is 0.0509. The highest BCUT2D eigenvalue weighted by molar-refractivity contribution is 5.82. The minimum atomic E-state index is 0.0509. The fourth-order valence-corrected chi connectivity index (χ4v) is 1.44. The van der Waals surface area contributed by atoms with Gasteiger partial charge in [0, 0.05) is 13.6 Å². The Bertz CT molecular complexity index is 173. The third-order valence-corrected chi connectivity index (χ3v) is 2.14. The third kappa shape index (κ3) is 2.08. The van der Waals surface area contributed by atoms with E-state index in [0.29, 0.717) is 6.54 Å². The first-order chi connectivity index (χ1) is 5.75. The van der Waals surface area contributed by atoms with Crippen molar-refractivity contribution in [2.45, 2.75) is 18.9 Å². The number of carbonyl (C=O) groups is 1. The van der Waals surface area contributed by atoms with Gasteiger partial charge in [0.05, 0.1) is 6.04 Å². The van der Waals surface area contributed by atoms with Gasteiger partial charge in [0.15, 0.2) is 0 Å². The molecule has 0 aromatic heterocycles. The van der Waals surface area contributed by atoms with E-state index in [1.54, 1.807) is 11.0 Å². The highest BCUT2D eigenvalue weighted by atomic mass is 16.2. The first-order valence-electron chi connectivity index (χ1n) is 4.35. The van der Waals surface area contributed by atoms with Crippen molar-refractivity contribution in [3.05, 3.63) is 12.7 Å². The lowest BCUT2D eigenvalue weighted by Gasteiger charge is -2.19. The molecule has 1 saturated heterocycles. The van der Waals surface area contributed by atoms with E-state index in [9.17, 15) is 4.79 Å². The highest BCUT2D eigenvalue weighted by Gasteiger charge is 2.23. The molecule has 0 bridgehead atoms. The molecule has 0 spiro atoms. The topological polar surface area (TPSA) is 32.3 Å². The molecule has 1 atom stereocenters. The molecule has 1 N–H and O–H groups in total. The summed E-state index contributed by atoms with van der Waals surface area (Å²) in [5, 5.41) is 3.17. The maximum atomic E-state index is 11.6. The van der Waals surface area contributed by atoms with E-state index in [1.807, 2.05) is 7.05 Å². The molecule has 3 nitrogen and oxygen atoms in total. The normalized spacial score (nSPS) is 22.2. The van der Waals surface area contributed by atoms with Gasteiger partial charge in [-0.25, -0.2) is 0 Å². The third-order valence-electron chi connectivity index (χ3n) is 2.14. The summed E-state index contributed by atoms with van der Waals surface area (Å²) in [6.07, 6.45) is 3.82. The van der Waals surface area contributed by atoms with Crippen molar-refractivity contribution in [3.63, 3.8) is 0 Å². The SMILES string of the molecule is C=CCN(C)C(=O)[C@H]1CCCN1. The number of likely N-dealkylation sites (N-methyl/N-ethyl adjacent to an activating group) is 1. The second-order valence-electron chi connectivity index (χ2n) is 3.16. The predicted octanol–water partition coefficient (Wildman–Crippen LogP) is 0.383. The lowest BCUT2D eigenvalue weighted by atomic mass is 10.2. The summed E-state index contributed by atoms with van der Waals surface area (Å²) in [5.74, 6) is 0.187. The van der Waals surface area contributed by atoms with Crippen molar-refractivity contribution < 1.29 is 4.79 Å². The van der Waals surface area contributed by atoms with Gasteiger partial charge in [-0.05, 0) is 19.4 Å². The zero-order valence-corrected chi connectivity index (χ0v) is 7.55. The Morgan fingerprint density at radius 2 is 2.58 bits per heavy atom. The number of nitrogens with zero attached hydrogens (tertiary/aromatic N) is 1. The van der Waals surface area contributed by atoms with Crippen molar-refractivity contribution >= 4 is 5.91 Å². The number of rotatable bonds is 3. The zero-order valence-electron chi connectivity index (χ0n) is 7.55. The maximum absolute atomic E-state index is 11.6. The molecule has 1 heterocycles. The average molecular weight is 168 g/mol. The quantitative estimate of drug-likeness (QED) is 0.618. The van der Waals surface area contributed by atoms with Gasteiger partial charge >= 0.3 is 0 Å². The van der Waals surface area contributed by atoms with Crippen LogP contribution in [0.4, 0.5) is 0 Å². The summed E-state index contributed by atoms with van der Waals surface area (Å²) in [4.78, 5) is 13.3. The fraction of sp³-hybridized carbons (Fsp3) is 0.667. The van der Waals surface area contributed by atoms with Crippen LogP contribution in [0.5, 0.6) is 0 Å². The van der Waals surface area contributed by atoms with Gasteiger partial charge in [0.25, 0.3) is 0 Å². The van der Waals surface area contributed by atoms with Gasteiger partial charge in [-0.1, -0.05) is 6.08 Å². The summed E-state index contributed by atoms with van der Waals surface area (Å²) < 4.78 is 0. The van der Waals surface area contributed by atoms with Crippen LogP contribution in [0.2, 0.25) is 0 Å². The first-order valence-corrected chi connectivity index (χ1v) is 4.35. The van der Waals surface area contributed by atoms with Gasteiger partial charge in [-0.15, -0.1) is 6.58 Å². The van der Waals surface area contributed by atoms with E-state index >= 15 is 0 Å². The van der Waals surface area contributed by atoms with Crippen molar-refractivity contribution in [1.82, 2.24) is 10.2 Å². The lowest BCUT2D eigenvalue weighted by Crippen LogP contribution is -2.41. The van der Waals surface area contributed by atoms with Crippen LogP contribution >= 0.6 is 0 Å². The van der Waals surface area contributed by atoms with E-state index in [4.69, 9.17) is 0 Å². The molecule has 1 aliphatic rings. The molecule has 0 saturated carbocycles. The number of carbonyl (C=O) groups excluding carboxylic acids is 1. The van der Waals surface area contributed by atoms with E-state index in [2.05, 4.69) is 11.9 Å². The van der Waals surface area contributed by atoms with Crippen LogP contribution in [0.25, 0.3) is 0 Å². The van der Waals surface area contributed by atoms with E-state index in [-0.39, 0.29) is 11.9 Å². The molecule has 0 aromatic carbocycles. The van der Waals surface area contributed by atoms with Crippen LogP contribution in [0, 0.1) is 0 Å². The molecule has 1 rings (SSSR count). The predicted molar refractivity (Wildman–Crippen MR) is 48.9 cm³/mol. The summed E-state index contributed by atoms with van der Waals surface area (Å²) >= 11 is 0. The Morgan fingerprint density at radius 3 is 3.08 bits per heavy atom. The van der Waals surface area contributed by atoms with Gasteiger partial charge in [-0.2, -0.15) is 0 Å². The summed E-state index contributed by atoms with van der Waals surface area (Å²) in [6, 6.07) is 0.0509. The first kappa shape index (κ1) is 9.26.